The van der Waals surface area contributed by atoms with Crippen LogP contribution < -0.4 is 10.6 Å². The van der Waals surface area contributed by atoms with Crippen molar-refractivity contribution in [2.75, 3.05) is 26.2 Å². The third kappa shape index (κ3) is 7.93. The number of nitrogens with one attached hydrogen (secondary N) is 2. The number of likely N-dealkylation sites (tertiary alicyclic amines) is 1. The number of carbonyl (C=O) groups is 2. The van der Waals surface area contributed by atoms with E-state index < -0.39 is 0 Å². The molecule has 0 spiro atoms. The summed E-state index contributed by atoms with van der Waals surface area (Å²) in [6.07, 6.45) is 2.36. The normalized spacial score (nSPS) is 20.2. The second kappa shape index (κ2) is 13.4. The molecule has 0 aliphatic carbocycles. The lowest BCUT2D eigenvalue weighted by Gasteiger charge is -2.45. The van der Waals surface area contributed by atoms with E-state index in [-0.39, 0.29) is 29.7 Å². The van der Waals surface area contributed by atoms with Crippen molar-refractivity contribution in [3.05, 3.63) is 102 Å². The molecule has 206 valence electrons. The number of hydrogen-bond acceptors (Lipinski definition) is 4. The Hall–Kier alpha value is -3.64. The molecule has 3 atom stereocenters. The highest BCUT2D eigenvalue weighted by Gasteiger charge is 2.38. The third-order valence-electron chi connectivity index (χ3n) is 8.32. The molecule has 3 aromatic carbocycles. The van der Waals surface area contributed by atoms with E-state index in [4.69, 9.17) is 0 Å². The van der Waals surface area contributed by atoms with Gasteiger partial charge in [-0.15, -0.1) is 0 Å². The Labute approximate surface area is 232 Å². The predicted octanol–water partition coefficient (Wildman–Crippen LogP) is 4.67. The lowest BCUT2D eigenvalue weighted by Crippen LogP contribution is -2.48. The summed E-state index contributed by atoms with van der Waals surface area (Å²) in [5, 5.41) is 15.8. The van der Waals surface area contributed by atoms with Crippen LogP contribution >= 0.6 is 0 Å². The second-order valence-corrected chi connectivity index (χ2v) is 11.1. The Balaban J connectivity index is 1.32. The molecule has 0 radical (unpaired) electrons. The van der Waals surface area contributed by atoms with Crippen LogP contribution in [-0.2, 0) is 28.0 Å². The van der Waals surface area contributed by atoms with Crippen molar-refractivity contribution in [2.45, 2.75) is 45.1 Å². The van der Waals surface area contributed by atoms with Gasteiger partial charge in [0.25, 0.3) is 0 Å². The van der Waals surface area contributed by atoms with E-state index in [9.17, 15) is 14.7 Å². The van der Waals surface area contributed by atoms with E-state index in [2.05, 4.69) is 47.6 Å². The van der Waals surface area contributed by atoms with Gasteiger partial charge >= 0.3 is 0 Å². The minimum atomic E-state index is -0.219. The number of hydrogen-bond donors (Lipinski definition) is 3. The van der Waals surface area contributed by atoms with Crippen LogP contribution in [0, 0.1) is 11.8 Å². The molecule has 39 heavy (non-hydrogen) atoms. The van der Waals surface area contributed by atoms with Gasteiger partial charge in [-0.1, -0.05) is 86.6 Å². The maximum atomic E-state index is 13.3. The van der Waals surface area contributed by atoms with Gasteiger partial charge in [0, 0.05) is 19.0 Å². The second-order valence-electron chi connectivity index (χ2n) is 11.1. The quantitative estimate of drug-likeness (QED) is 0.338. The average Bonchev–Trinajstić information content (AvgIpc) is 2.95. The number of piperidine rings is 1. The third-order valence-corrected chi connectivity index (χ3v) is 8.32. The SMILES string of the molecule is CC1CN(CCC(Cc2ccccc2)C(=O)NCC(=O)NCc2ccccc2)CCC1(C)c1cccc(O)c1. The minimum absolute atomic E-state index is 0.00314. The monoisotopic (exact) mass is 527 g/mol. The molecule has 1 saturated heterocycles. The van der Waals surface area contributed by atoms with Crippen LogP contribution in [-0.4, -0.2) is 48.0 Å². The molecule has 6 heteroatoms. The summed E-state index contributed by atoms with van der Waals surface area (Å²) in [4.78, 5) is 28.1. The summed E-state index contributed by atoms with van der Waals surface area (Å²) in [6, 6.07) is 27.5. The number of benzene rings is 3. The fourth-order valence-electron chi connectivity index (χ4n) is 5.54. The summed E-state index contributed by atoms with van der Waals surface area (Å²) in [5.41, 5.74) is 3.33. The first-order valence-corrected chi connectivity index (χ1v) is 14.0. The van der Waals surface area contributed by atoms with Crippen LogP contribution in [0.3, 0.4) is 0 Å². The van der Waals surface area contributed by atoms with Crippen LogP contribution in [0.4, 0.5) is 0 Å². The maximum Gasteiger partial charge on any atom is 0.239 e. The fourth-order valence-corrected chi connectivity index (χ4v) is 5.54. The van der Waals surface area contributed by atoms with E-state index in [0.717, 1.165) is 43.6 Å². The van der Waals surface area contributed by atoms with Crippen LogP contribution in [0.1, 0.15) is 43.4 Å². The molecule has 3 aromatic rings. The molecular weight excluding hydrogens is 486 g/mol. The average molecular weight is 528 g/mol. The Morgan fingerprint density at radius 2 is 1.67 bits per heavy atom. The predicted molar refractivity (Wildman–Crippen MR) is 155 cm³/mol. The highest BCUT2D eigenvalue weighted by atomic mass is 16.3. The zero-order chi connectivity index (χ0) is 27.7. The fraction of sp³-hybridized carbons (Fsp3) is 0.394. The molecule has 3 N–H and O–H groups in total. The van der Waals surface area contributed by atoms with E-state index in [1.54, 1.807) is 6.07 Å². The number of nitrogens with zero attached hydrogens (tertiary/aromatic N) is 1. The van der Waals surface area contributed by atoms with Gasteiger partial charge in [0.05, 0.1) is 6.54 Å². The first-order valence-electron chi connectivity index (χ1n) is 14.0. The number of rotatable bonds is 11. The zero-order valence-electron chi connectivity index (χ0n) is 23.1. The van der Waals surface area contributed by atoms with E-state index >= 15 is 0 Å². The summed E-state index contributed by atoms with van der Waals surface area (Å²) < 4.78 is 0. The van der Waals surface area contributed by atoms with Crippen LogP contribution in [0.15, 0.2) is 84.9 Å². The van der Waals surface area contributed by atoms with Crippen molar-refractivity contribution in [3.8, 4) is 5.75 Å². The molecule has 0 bridgehead atoms. The van der Waals surface area contributed by atoms with Gasteiger partial charge in [0.2, 0.25) is 11.8 Å². The molecule has 1 aliphatic heterocycles. The van der Waals surface area contributed by atoms with Crippen molar-refractivity contribution >= 4 is 11.8 Å². The molecular formula is C33H41N3O3. The molecule has 0 aromatic heterocycles. The highest BCUT2D eigenvalue weighted by Crippen LogP contribution is 2.40. The lowest BCUT2D eigenvalue weighted by molar-refractivity contribution is -0.128. The van der Waals surface area contributed by atoms with E-state index in [1.165, 1.54) is 5.56 Å². The van der Waals surface area contributed by atoms with Crippen molar-refractivity contribution in [2.24, 2.45) is 11.8 Å². The van der Waals surface area contributed by atoms with Crippen LogP contribution in [0.25, 0.3) is 0 Å². The number of aromatic hydroxyl groups is 1. The summed E-state index contributed by atoms with van der Waals surface area (Å²) >= 11 is 0. The summed E-state index contributed by atoms with van der Waals surface area (Å²) in [7, 11) is 0. The van der Waals surface area contributed by atoms with Crippen LogP contribution in [0.2, 0.25) is 0 Å². The van der Waals surface area contributed by atoms with Crippen molar-refractivity contribution in [3.63, 3.8) is 0 Å². The maximum absolute atomic E-state index is 13.3. The molecule has 2 amide bonds. The van der Waals surface area contributed by atoms with Gasteiger partial charge in [0.1, 0.15) is 5.75 Å². The van der Waals surface area contributed by atoms with E-state index in [1.807, 2.05) is 60.7 Å². The van der Waals surface area contributed by atoms with Crippen molar-refractivity contribution in [1.82, 2.24) is 15.5 Å². The summed E-state index contributed by atoms with van der Waals surface area (Å²) in [5.74, 6) is 0.226. The Kier molecular flexibility index (Phi) is 9.77. The Morgan fingerprint density at radius 1 is 0.974 bits per heavy atom. The number of phenolic OH excluding ortho intramolecular Hbond substituents is 1. The van der Waals surface area contributed by atoms with Gasteiger partial charge in [-0.05, 0) is 72.5 Å². The molecule has 1 fully saturated rings. The topological polar surface area (TPSA) is 81.7 Å². The van der Waals surface area contributed by atoms with E-state index in [0.29, 0.717) is 24.6 Å². The van der Waals surface area contributed by atoms with Gasteiger partial charge in [0.15, 0.2) is 0 Å². The Morgan fingerprint density at radius 3 is 2.33 bits per heavy atom. The number of phenols is 1. The van der Waals surface area contributed by atoms with Gasteiger partial charge in [-0.3, -0.25) is 9.59 Å². The lowest BCUT2D eigenvalue weighted by atomic mass is 9.68. The van der Waals surface area contributed by atoms with Crippen molar-refractivity contribution in [1.29, 1.82) is 0 Å². The summed E-state index contributed by atoms with van der Waals surface area (Å²) in [6.45, 7) is 7.69. The molecule has 6 nitrogen and oxygen atoms in total. The number of amides is 2. The molecule has 1 aliphatic rings. The van der Waals surface area contributed by atoms with Gasteiger partial charge < -0.3 is 20.6 Å². The smallest absolute Gasteiger partial charge is 0.239 e. The van der Waals surface area contributed by atoms with Crippen molar-refractivity contribution < 1.29 is 14.7 Å². The number of carbonyl (C=O) groups excluding carboxylic acids is 2. The zero-order valence-corrected chi connectivity index (χ0v) is 23.1. The Bertz CT molecular complexity index is 1220. The first-order chi connectivity index (χ1) is 18.8. The molecule has 3 unspecified atom stereocenters. The van der Waals surface area contributed by atoms with Gasteiger partial charge in [-0.2, -0.15) is 0 Å². The minimum Gasteiger partial charge on any atom is -0.508 e. The van der Waals surface area contributed by atoms with Crippen LogP contribution in [0.5, 0.6) is 5.75 Å². The highest BCUT2D eigenvalue weighted by molar-refractivity contribution is 5.85. The largest absolute Gasteiger partial charge is 0.508 e. The van der Waals surface area contributed by atoms with Gasteiger partial charge in [-0.25, -0.2) is 0 Å². The first kappa shape index (κ1) is 28.4. The standard InChI is InChI=1S/C33H41N3O3/c1-25-24-36(19-17-33(25,2)29-14-9-15-30(37)21-29)18-16-28(20-26-10-5-3-6-11-26)32(39)35-23-31(38)34-22-27-12-7-4-8-13-27/h3-15,21,25,28,37H,16-20,22-24H2,1-2H3,(H,34,38)(H,35,39). The molecule has 0 saturated carbocycles. The molecule has 1 heterocycles. The molecule has 4 rings (SSSR count).